The van der Waals surface area contributed by atoms with Crippen LogP contribution in [0.15, 0.2) is 28.2 Å². The molecule has 5 heteroatoms. The van der Waals surface area contributed by atoms with Gasteiger partial charge in [-0.05, 0) is 28.1 Å². The quantitative estimate of drug-likeness (QED) is 0.942. The van der Waals surface area contributed by atoms with E-state index in [1.807, 2.05) is 24.7 Å². The first kappa shape index (κ1) is 10.9. The summed E-state index contributed by atoms with van der Waals surface area (Å²) in [5.74, 6) is 0. The fourth-order valence-electron chi connectivity index (χ4n) is 1.42. The van der Waals surface area contributed by atoms with Gasteiger partial charge in [0.15, 0.2) is 0 Å². The van der Waals surface area contributed by atoms with Crippen LogP contribution in [-0.2, 0) is 13.5 Å². The van der Waals surface area contributed by atoms with E-state index in [9.17, 15) is 0 Å². The van der Waals surface area contributed by atoms with E-state index in [0.29, 0.717) is 0 Å². The Hall–Kier alpha value is -0.650. The van der Waals surface area contributed by atoms with Gasteiger partial charge in [-0.2, -0.15) is 5.10 Å². The lowest BCUT2D eigenvalue weighted by Crippen LogP contribution is -2.12. The molecule has 15 heavy (non-hydrogen) atoms. The number of halogens is 1. The molecule has 2 N–H and O–H groups in total. The van der Waals surface area contributed by atoms with E-state index in [4.69, 9.17) is 5.73 Å². The van der Waals surface area contributed by atoms with Crippen molar-refractivity contribution in [3.05, 3.63) is 38.8 Å². The lowest BCUT2D eigenvalue weighted by Gasteiger charge is -2.06. The van der Waals surface area contributed by atoms with Crippen molar-refractivity contribution in [1.29, 1.82) is 0 Å². The predicted molar refractivity (Wildman–Crippen MR) is 65.9 cm³/mol. The molecule has 1 atom stereocenters. The number of nitrogens with two attached hydrogens (primary N) is 1. The molecule has 0 amide bonds. The highest BCUT2D eigenvalue weighted by Gasteiger charge is 2.10. The van der Waals surface area contributed by atoms with Crippen molar-refractivity contribution in [3.8, 4) is 0 Å². The Morgan fingerprint density at radius 2 is 2.47 bits per heavy atom. The van der Waals surface area contributed by atoms with Crippen LogP contribution in [0, 0.1) is 0 Å². The van der Waals surface area contributed by atoms with Crippen LogP contribution in [-0.4, -0.2) is 9.78 Å². The molecule has 0 aromatic carbocycles. The molecule has 0 saturated carbocycles. The summed E-state index contributed by atoms with van der Waals surface area (Å²) in [6.45, 7) is 0. The van der Waals surface area contributed by atoms with Gasteiger partial charge in [-0.1, -0.05) is 0 Å². The van der Waals surface area contributed by atoms with Gasteiger partial charge in [-0.25, -0.2) is 0 Å². The van der Waals surface area contributed by atoms with Crippen LogP contribution in [0.4, 0.5) is 0 Å². The Labute approximate surface area is 101 Å². The van der Waals surface area contributed by atoms with Crippen molar-refractivity contribution < 1.29 is 0 Å². The minimum Gasteiger partial charge on any atom is -0.323 e. The van der Waals surface area contributed by atoms with Crippen molar-refractivity contribution in [3.63, 3.8) is 0 Å². The topological polar surface area (TPSA) is 43.8 Å². The average Bonchev–Trinajstić information content (AvgIpc) is 2.75. The summed E-state index contributed by atoms with van der Waals surface area (Å²) in [6.07, 6.45) is 2.72. The van der Waals surface area contributed by atoms with Gasteiger partial charge >= 0.3 is 0 Å². The Morgan fingerprint density at radius 3 is 3.00 bits per heavy atom. The third-order valence-electron chi connectivity index (χ3n) is 2.15. The number of rotatable bonds is 3. The molecule has 0 saturated heterocycles. The highest BCUT2D eigenvalue weighted by Crippen LogP contribution is 2.25. The molecule has 2 aromatic rings. The predicted octanol–water partition coefficient (Wildman–Crippen LogP) is 2.49. The maximum Gasteiger partial charge on any atom is 0.0643 e. The van der Waals surface area contributed by atoms with Crippen molar-refractivity contribution in [2.45, 2.75) is 12.5 Å². The molecule has 0 radical (unpaired) electrons. The highest BCUT2D eigenvalue weighted by molar-refractivity contribution is 9.10. The Kier molecular flexibility index (Phi) is 3.23. The fourth-order valence-corrected chi connectivity index (χ4v) is 2.87. The van der Waals surface area contributed by atoms with Crippen LogP contribution in [0.2, 0.25) is 0 Å². The highest BCUT2D eigenvalue weighted by atomic mass is 79.9. The lowest BCUT2D eigenvalue weighted by atomic mass is 10.1. The van der Waals surface area contributed by atoms with E-state index >= 15 is 0 Å². The number of nitrogens with zero attached hydrogens (tertiary/aromatic N) is 2. The van der Waals surface area contributed by atoms with Crippen molar-refractivity contribution in [2.24, 2.45) is 12.8 Å². The van der Waals surface area contributed by atoms with E-state index in [1.165, 1.54) is 4.88 Å². The van der Waals surface area contributed by atoms with Gasteiger partial charge in [0.05, 0.1) is 5.69 Å². The maximum atomic E-state index is 6.09. The largest absolute Gasteiger partial charge is 0.323 e. The second-order valence-corrected chi connectivity index (χ2v) is 5.32. The van der Waals surface area contributed by atoms with Crippen LogP contribution in [0.25, 0.3) is 0 Å². The molecule has 0 spiro atoms. The molecule has 3 nitrogen and oxygen atoms in total. The van der Waals surface area contributed by atoms with Crippen LogP contribution < -0.4 is 5.73 Å². The summed E-state index contributed by atoms with van der Waals surface area (Å²) in [4.78, 5) is 1.19. The molecular weight excluding hydrogens is 274 g/mol. The lowest BCUT2D eigenvalue weighted by molar-refractivity contribution is 0.683. The van der Waals surface area contributed by atoms with Gasteiger partial charge in [0.2, 0.25) is 0 Å². The smallest absolute Gasteiger partial charge is 0.0643 e. The van der Waals surface area contributed by atoms with Crippen LogP contribution >= 0.6 is 27.3 Å². The summed E-state index contributed by atoms with van der Waals surface area (Å²) < 4.78 is 2.89. The molecule has 2 aromatic heterocycles. The van der Waals surface area contributed by atoms with Crippen molar-refractivity contribution in [2.75, 3.05) is 0 Å². The summed E-state index contributed by atoms with van der Waals surface area (Å²) >= 11 is 5.10. The summed E-state index contributed by atoms with van der Waals surface area (Å²) in [5.41, 5.74) is 7.13. The van der Waals surface area contributed by atoms with Gasteiger partial charge < -0.3 is 5.73 Å². The summed E-state index contributed by atoms with van der Waals surface area (Å²) in [6, 6.07) is 4.11. The number of aromatic nitrogens is 2. The molecule has 0 bridgehead atoms. The SMILES string of the molecule is Cn1ccc(CC(N)c2cc(Br)cs2)n1. The third kappa shape index (κ3) is 2.68. The standard InChI is InChI=1S/C10H12BrN3S/c1-14-3-2-8(13-14)5-9(12)10-4-7(11)6-15-10/h2-4,6,9H,5,12H2,1H3. The molecular formula is C10H12BrN3S. The van der Waals surface area contributed by atoms with Gasteiger partial charge in [-0.15, -0.1) is 11.3 Å². The first-order valence-corrected chi connectivity index (χ1v) is 6.30. The van der Waals surface area contributed by atoms with E-state index in [1.54, 1.807) is 16.0 Å². The molecule has 0 aliphatic rings. The molecule has 2 heterocycles. The van der Waals surface area contributed by atoms with Gasteiger partial charge in [0.25, 0.3) is 0 Å². The maximum absolute atomic E-state index is 6.09. The van der Waals surface area contributed by atoms with E-state index in [0.717, 1.165) is 16.6 Å². The normalized spacial score (nSPS) is 13.0. The first-order valence-electron chi connectivity index (χ1n) is 4.63. The zero-order valence-corrected chi connectivity index (χ0v) is 10.8. The molecule has 0 aliphatic heterocycles. The molecule has 0 aliphatic carbocycles. The molecule has 0 fully saturated rings. The number of hydrogen-bond donors (Lipinski definition) is 1. The van der Waals surface area contributed by atoms with Crippen LogP contribution in [0.1, 0.15) is 16.6 Å². The van der Waals surface area contributed by atoms with E-state index in [-0.39, 0.29) is 6.04 Å². The molecule has 1 unspecified atom stereocenters. The van der Waals surface area contributed by atoms with E-state index < -0.39 is 0 Å². The Morgan fingerprint density at radius 1 is 1.67 bits per heavy atom. The van der Waals surface area contributed by atoms with Gasteiger partial charge in [0.1, 0.15) is 0 Å². The minimum atomic E-state index is 0.0381. The number of aryl methyl sites for hydroxylation is 1. The first-order chi connectivity index (χ1) is 7.15. The zero-order chi connectivity index (χ0) is 10.8. The minimum absolute atomic E-state index is 0.0381. The van der Waals surface area contributed by atoms with E-state index in [2.05, 4.69) is 27.1 Å². The summed E-state index contributed by atoms with van der Waals surface area (Å²) in [7, 11) is 1.91. The monoisotopic (exact) mass is 285 g/mol. The Bertz CT molecular complexity index is 449. The van der Waals surface area contributed by atoms with Crippen LogP contribution in [0.3, 0.4) is 0 Å². The van der Waals surface area contributed by atoms with Crippen LogP contribution in [0.5, 0.6) is 0 Å². The van der Waals surface area contributed by atoms with Crippen molar-refractivity contribution in [1.82, 2.24) is 9.78 Å². The average molecular weight is 286 g/mol. The molecule has 80 valence electrons. The second kappa shape index (κ2) is 4.47. The zero-order valence-electron chi connectivity index (χ0n) is 8.35. The van der Waals surface area contributed by atoms with Crippen molar-refractivity contribution >= 4 is 27.3 Å². The molecule has 2 rings (SSSR count). The number of thiophene rings is 1. The fraction of sp³-hybridized carbons (Fsp3) is 0.300. The van der Waals surface area contributed by atoms with Gasteiger partial charge in [-0.3, -0.25) is 4.68 Å². The third-order valence-corrected chi connectivity index (χ3v) is 3.98. The van der Waals surface area contributed by atoms with Gasteiger partial charge in [0, 0.05) is 40.4 Å². The summed E-state index contributed by atoms with van der Waals surface area (Å²) in [5, 5.41) is 6.36. The second-order valence-electron chi connectivity index (χ2n) is 3.46. The Balaban J connectivity index is 2.06. The number of hydrogen-bond acceptors (Lipinski definition) is 3.